The number of anilines is 1. The topological polar surface area (TPSA) is 83.3 Å². The molecule has 0 atom stereocenters. The Bertz CT molecular complexity index is 939. The van der Waals surface area contributed by atoms with Crippen LogP contribution in [0.2, 0.25) is 0 Å². The first kappa shape index (κ1) is 20.9. The Morgan fingerprint density at radius 1 is 1.23 bits per heavy atom. The molecule has 0 N–H and O–H groups in total. The number of piperazine rings is 1. The molecule has 0 spiro atoms. The molecule has 4 rings (SSSR count). The van der Waals surface area contributed by atoms with Crippen LogP contribution in [0.3, 0.4) is 0 Å². The number of hydrogen-bond donors (Lipinski definition) is 0. The van der Waals surface area contributed by atoms with E-state index in [4.69, 9.17) is 30.7 Å². The number of ether oxygens (including phenoxy) is 2. The van der Waals surface area contributed by atoms with Crippen molar-refractivity contribution in [2.75, 3.05) is 58.7 Å². The van der Waals surface area contributed by atoms with E-state index in [1.54, 1.807) is 19.2 Å². The van der Waals surface area contributed by atoms with Crippen molar-refractivity contribution in [1.29, 1.82) is 5.26 Å². The second-order valence-electron chi connectivity index (χ2n) is 7.24. The molecule has 0 unspecified atom stereocenters. The Morgan fingerprint density at radius 2 is 2.00 bits per heavy atom. The van der Waals surface area contributed by atoms with Crippen LogP contribution < -0.4 is 14.7 Å². The summed E-state index contributed by atoms with van der Waals surface area (Å²) in [6.07, 6.45) is 2.39. The van der Waals surface area contributed by atoms with Gasteiger partial charge < -0.3 is 19.3 Å². The van der Waals surface area contributed by atoms with Crippen molar-refractivity contribution >= 4 is 28.2 Å². The summed E-state index contributed by atoms with van der Waals surface area (Å²) in [5, 5.41) is 11.2. The number of nitrogens with zero attached hydrogens (tertiary/aromatic N) is 5. The molecule has 10 heteroatoms. The summed E-state index contributed by atoms with van der Waals surface area (Å²) >= 11 is 5.72. The van der Waals surface area contributed by atoms with Gasteiger partial charge in [0.15, 0.2) is 11.5 Å². The van der Waals surface area contributed by atoms with Crippen LogP contribution in [0.25, 0.3) is 10.9 Å². The van der Waals surface area contributed by atoms with E-state index in [9.17, 15) is 5.26 Å². The highest BCUT2D eigenvalue weighted by molar-refractivity contribution is 6.19. The summed E-state index contributed by atoms with van der Waals surface area (Å²) in [5.41, 5.74) is 1.36. The Hall–Kier alpha value is -2.35. The third-order valence-electron chi connectivity index (χ3n) is 5.26. The van der Waals surface area contributed by atoms with Gasteiger partial charge in [0.25, 0.3) is 5.75 Å². The quantitative estimate of drug-likeness (QED) is 0.482. The van der Waals surface area contributed by atoms with E-state index in [2.05, 4.69) is 27.9 Å². The van der Waals surface area contributed by atoms with E-state index >= 15 is 0 Å². The van der Waals surface area contributed by atoms with Crippen LogP contribution in [0.1, 0.15) is 12.0 Å². The van der Waals surface area contributed by atoms with Crippen LogP contribution in [0.4, 0.5) is 5.69 Å². The second-order valence-corrected chi connectivity index (χ2v) is 7.60. The van der Waals surface area contributed by atoms with Gasteiger partial charge in [0.05, 0.1) is 24.8 Å². The van der Waals surface area contributed by atoms with Gasteiger partial charge in [-0.15, -0.1) is 5.23 Å². The molecular weight excluding hydrogens is 410 g/mol. The van der Waals surface area contributed by atoms with Gasteiger partial charge in [-0.3, -0.25) is 4.98 Å². The van der Waals surface area contributed by atoms with Gasteiger partial charge in [-0.05, 0) is 19.5 Å². The zero-order valence-electron chi connectivity index (χ0n) is 17.0. The summed E-state index contributed by atoms with van der Waals surface area (Å²) in [7, 11) is 3.73. The molecule has 2 aromatic rings. The van der Waals surface area contributed by atoms with E-state index in [1.165, 1.54) is 6.20 Å². The molecule has 30 heavy (non-hydrogen) atoms. The molecule has 9 nitrogen and oxygen atoms in total. The van der Waals surface area contributed by atoms with Crippen molar-refractivity contribution in [2.24, 2.45) is 0 Å². The van der Waals surface area contributed by atoms with Crippen LogP contribution in [0.15, 0.2) is 18.3 Å². The number of alkyl halides is 1. The van der Waals surface area contributed by atoms with E-state index in [-0.39, 0.29) is 0 Å². The highest BCUT2D eigenvalue weighted by Gasteiger charge is 2.32. The van der Waals surface area contributed by atoms with E-state index in [1.807, 2.05) is 0 Å². The molecule has 0 amide bonds. The maximum Gasteiger partial charge on any atom is 0.288 e. The first-order valence-electron chi connectivity index (χ1n) is 9.81. The van der Waals surface area contributed by atoms with Gasteiger partial charge in [0, 0.05) is 50.4 Å². The lowest BCUT2D eigenvalue weighted by atomic mass is 10.1. The van der Waals surface area contributed by atoms with Crippen molar-refractivity contribution < 1.29 is 19.1 Å². The van der Waals surface area contributed by atoms with Crippen LogP contribution in [0, 0.1) is 11.3 Å². The predicted molar refractivity (Wildman–Crippen MR) is 111 cm³/mol. The number of likely N-dealkylation sites (N-methyl/N-ethyl adjacent to an activating group) is 1. The van der Waals surface area contributed by atoms with Crippen LogP contribution in [0.5, 0.6) is 11.5 Å². The first-order chi connectivity index (χ1) is 14.6. The largest absolute Gasteiger partial charge is 0.493 e. The molecule has 2 aliphatic heterocycles. The van der Waals surface area contributed by atoms with Crippen molar-refractivity contribution in [2.45, 2.75) is 12.2 Å². The molecule has 3 heterocycles. The van der Waals surface area contributed by atoms with E-state index in [0.29, 0.717) is 40.3 Å². The average Bonchev–Trinajstić information content (AvgIpc) is 2.74. The summed E-state index contributed by atoms with van der Waals surface area (Å²) in [6, 6.07) is 5.66. The van der Waals surface area contributed by atoms with Crippen LogP contribution in [-0.2, 0) is 9.68 Å². The fraction of sp³-hybridized carbons (Fsp3) is 0.500. The maximum atomic E-state index is 9.44. The van der Waals surface area contributed by atoms with Crippen LogP contribution >= 0.6 is 11.6 Å². The highest BCUT2D eigenvalue weighted by Crippen LogP contribution is 2.40. The number of hydrogen-bond acceptors (Lipinski definition) is 9. The SMILES string of the molecule is COc1cc2c(N3OC(Cl)O3)c(C#N)cnc2cc1OCCCN1CCN(C)CC1. The Morgan fingerprint density at radius 3 is 2.67 bits per heavy atom. The van der Waals surface area contributed by atoms with E-state index in [0.717, 1.165) is 44.4 Å². The van der Waals surface area contributed by atoms with Gasteiger partial charge in [-0.2, -0.15) is 14.9 Å². The Kier molecular flexibility index (Phi) is 6.41. The number of nitriles is 1. The molecule has 1 aromatic carbocycles. The molecule has 2 saturated heterocycles. The predicted octanol–water partition coefficient (Wildman–Crippen LogP) is 2.34. The number of pyridine rings is 1. The van der Waals surface area contributed by atoms with Crippen molar-refractivity contribution in [1.82, 2.24) is 14.8 Å². The molecule has 160 valence electrons. The Labute approximate surface area is 180 Å². The molecular formula is C20H24ClN5O4. The highest BCUT2D eigenvalue weighted by atomic mass is 35.5. The van der Waals surface area contributed by atoms with Gasteiger partial charge in [0.1, 0.15) is 11.8 Å². The van der Waals surface area contributed by atoms with Gasteiger partial charge >= 0.3 is 0 Å². The third kappa shape index (κ3) is 4.38. The molecule has 0 saturated carbocycles. The lowest BCUT2D eigenvalue weighted by molar-refractivity contribution is -0.305. The first-order valence-corrected chi connectivity index (χ1v) is 10.2. The third-order valence-corrected chi connectivity index (χ3v) is 5.42. The smallest absolute Gasteiger partial charge is 0.288 e. The fourth-order valence-corrected chi connectivity index (χ4v) is 3.69. The number of rotatable bonds is 7. The number of halogens is 1. The average molecular weight is 434 g/mol. The number of methoxy groups -OCH3 is 1. The minimum Gasteiger partial charge on any atom is -0.493 e. The minimum absolute atomic E-state index is 0.300. The zero-order valence-corrected chi connectivity index (χ0v) is 17.8. The van der Waals surface area contributed by atoms with Gasteiger partial charge in [-0.25, -0.2) is 0 Å². The van der Waals surface area contributed by atoms with Gasteiger partial charge in [0.2, 0.25) is 0 Å². The fourth-order valence-electron chi connectivity index (χ4n) is 3.54. The minimum atomic E-state index is -0.885. The van der Waals surface area contributed by atoms with Crippen molar-refractivity contribution in [3.63, 3.8) is 0 Å². The Balaban J connectivity index is 1.48. The van der Waals surface area contributed by atoms with Crippen LogP contribution in [-0.4, -0.2) is 74.0 Å². The molecule has 2 fully saturated rings. The van der Waals surface area contributed by atoms with Crippen molar-refractivity contribution in [3.05, 3.63) is 23.9 Å². The summed E-state index contributed by atoms with van der Waals surface area (Å²) in [5.74, 6) is 0.264. The normalized spacial score (nSPS) is 18.3. The van der Waals surface area contributed by atoms with Crippen molar-refractivity contribution in [3.8, 4) is 17.6 Å². The molecule has 2 aliphatic rings. The molecule has 0 bridgehead atoms. The standard InChI is InChI=1S/C20H24ClN5O4/c1-24-5-7-25(8-6-24)4-3-9-28-18-11-16-15(10-17(18)27-2)19(14(12-22)13-23-16)26-29-20(21)30-26/h10-11,13,20H,3-9H2,1-2H3. The summed E-state index contributed by atoms with van der Waals surface area (Å²) in [6.45, 7) is 5.96. The summed E-state index contributed by atoms with van der Waals surface area (Å²) in [4.78, 5) is 19.7. The number of benzene rings is 1. The second kappa shape index (κ2) is 9.20. The number of aromatic nitrogens is 1. The maximum absolute atomic E-state index is 9.44. The lowest BCUT2D eigenvalue weighted by Gasteiger charge is -2.34. The van der Waals surface area contributed by atoms with Gasteiger partial charge in [-0.1, -0.05) is 11.6 Å². The molecule has 1 aromatic heterocycles. The zero-order chi connectivity index (χ0) is 21.1. The summed E-state index contributed by atoms with van der Waals surface area (Å²) < 4.78 is 11.5. The lowest BCUT2D eigenvalue weighted by Crippen LogP contribution is -2.44. The van der Waals surface area contributed by atoms with E-state index < -0.39 is 5.75 Å². The molecule has 0 aliphatic carbocycles. The monoisotopic (exact) mass is 433 g/mol. The molecule has 0 radical (unpaired) electrons. The number of fused-ring (bicyclic) bond motifs is 1.